The van der Waals surface area contributed by atoms with Crippen LogP contribution >= 0.6 is 15.9 Å². The standard InChI is InChI=1S/C15H25BrN2O2/c1-5-20-14-10-12(9-13(16)15(14)19-4)11-17-7-6-8-18(2)3/h9-10,17H,5-8,11H2,1-4H3. The summed E-state index contributed by atoms with van der Waals surface area (Å²) in [4.78, 5) is 2.19. The Balaban J connectivity index is 2.57. The molecular weight excluding hydrogens is 320 g/mol. The molecule has 0 fully saturated rings. The molecule has 0 amide bonds. The van der Waals surface area contributed by atoms with E-state index in [0.29, 0.717) is 6.61 Å². The molecule has 0 spiro atoms. The molecule has 0 aliphatic heterocycles. The molecule has 1 aromatic rings. The van der Waals surface area contributed by atoms with E-state index < -0.39 is 0 Å². The van der Waals surface area contributed by atoms with Gasteiger partial charge < -0.3 is 19.7 Å². The van der Waals surface area contributed by atoms with Crippen LogP contribution in [0.2, 0.25) is 0 Å². The zero-order valence-electron chi connectivity index (χ0n) is 12.8. The maximum atomic E-state index is 5.62. The van der Waals surface area contributed by atoms with Crippen molar-refractivity contribution in [1.82, 2.24) is 10.2 Å². The van der Waals surface area contributed by atoms with Crippen molar-refractivity contribution in [2.24, 2.45) is 0 Å². The minimum absolute atomic E-state index is 0.627. The molecule has 0 unspecified atom stereocenters. The maximum absolute atomic E-state index is 5.62. The minimum Gasteiger partial charge on any atom is -0.492 e. The van der Waals surface area contributed by atoms with E-state index in [1.54, 1.807) is 7.11 Å². The van der Waals surface area contributed by atoms with Crippen LogP contribution in [-0.4, -0.2) is 45.8 Å². The van der Waals surface area contributed by atoms with E-state index in [1.807, 2.05) is 13.0 Å². The number of halogens is 1. The van der Waals surface area contributed by atoms with Crippen LogP contribution in [0.4, 0.5) is 0 Å². The topological polar surface area (TPSA) is 33.7 Å². The van der Waals surface area contributed by atoms with Crippen molar-refractivity contribution in [3.8, 4) is 11.5 Å². The molecular formula is C15H25BrN2O2. The highest BCUT2D eigenvalue weighted by Gasteiger charge is 2.10. The molecule has 4 nitrogen and oxygen atoms in total. The molecule has 1 rings (SSSR count). The number of methoxy groups -OCH3 is 1. The van der Waals surface area contributed by atoms with Gasteiger partial charge >= 0.3 is 0 Å². The second-order valence-electron chi connectivity index (χ2n) is 4.88. The zero-order chi connectivity index (χ0) is 15.0. The van der Waals surface area contributed by atoms with Crippen LogP contribution in [0, 0.1) is 0 Å². The predicted octanol–water partition coefficient (Wildman–Crippen LogP) is 2.90. The second-order valence-corrected chi connectivity index (χ2v) is 5.73. The van der Waals surface area contributed by atoms with Gasteiger partial charge in [-0.15, -0.1) is 0 Å². The van der Waals surface area contributed by atoms with Crippen LogP contribution in [0.3, 0.4) is 0 Å². The fourth-order valence-corrected chi connectivity index (χ4v) is 2.59. The molecule has 0 radical (unpaired) electrons. The molecule has 5 heteroatoms. The summed E-state index contributed by atoms with van der Waals surface area (Å²) in [5.41, 5.74) is 1.19. The van der Waals surface area contributed by atoms with Crippen molar-refractivity contribution >= 4 is 15.9 Å². The van der Waals surface area contributed by atoms with E-state index in [2.05, 4.69) is 46.3 Å². The first kappa shape index (κ1) is 17.3. The molecule has 0 heterocycles. The second kappa shape index (κ2) is 9.21. The average molecular weight is 345 g/mol. The molecule has 1 aromatic carbocycles. The lowest BCUT2D eigenvalue weighted by Crippen LogP contribution is -2.21. The first-order chi connectivity index (χ1) is 9.58. The number of hydrogen-bond acceptors (Lipinski definition) is 4. The van der Waals surface area contributed by atoms with Gasteiger partial charge in [0.25, 0.3) is 0 Å². The summed E-state index contributed by atoms with van der Waals surface area (Å²) in [5.74, 6) is 1.54. The summed E-state index contributed by atoms with van der Waals surface area (Å²) >= 11 is 3.53. The lowest BCUT2D eigenvalue weighted by Gasteiger charge is -2.14. The van der Waals surface area contributed by atoms with E-state index in [9.17, 15) is 0 Å². The Bertz CT molecular complexity index is 411. The third-order valence-corrected chi connectivity index (χ3v) is 3.45. The number of ether oxygens (including phenoxy) is 2. The fourth-order valence-electron chi connectivity index (χ4n) is 1.94. The average Bonchev–Trinajstić information content (AvgIpc) is 2.38. The van der Waals surface area contributed by atoms with Crippen molar-refractivity contribution in [1.29, 1.82) is 0 Å². The molecule has 0 saturated heterocycles. The summed E-state index contributed by atoms with van der Waals surface area (Å²) in [7, 11) is 5.84. The van der Waals surface area contributed by atoms with Gasteiger partial charge in [-0.25, -0.2) is 0 Å². The van der Waals surface area contributed by atoms with Gasteiger partial charge in [0.05, 0.1) is 18.2 Å². The van der Waals surface area contributed by atoms with Crippen LogP contribution in [0.5, 0.6) is 11.5 Å². The van der Waals surface area contributed by atoms with Crippen molar-refractivity contribution < 1.29 is 9.47 Å². The highest BCUT2D eigenvalue weighted by Crippen LogP contribution is 2.36. The van der Waals surface area contributed by atoms with E-state index in [1.165, 1.54) is 5.56 Å². The van der Waals surface area contributed by atoms with Gasteiger partial charge in [0.2, 0.25) is 0 Å². The van der Waals surface area contributed by atoms with Crippen molar-refractivity contribution in [3.05, 3.63) is 22.2 Å². The van der Waals surface area contributed by atoms with Gasteiger partial charge in [-0.1, -0.05) is 0 Å². The van der Waals surface area contributed by atoms with Gasteiger partial charge in [-0.05, 0) is 74.2 Å². The lowest BCUT2D eigenvalue weighted by atomic mass is 10.2. The van der Waals surface area contributed by atoms with Crippen molar-refractivity contribution in [2.45, 2.75) is 19.9 Å². The summed E-state index contributed by atoms with van der Waals surface area (Å²) in [6.07, 6.45) is 1.14. The Kier molecular flexibility index (Phi) is 7.95. The number of nitrogens with zero attached hydrogens (tertiary/aromatic N) is 1. The van der Waals surface area contributed by atoms with E-state index >= 15 is 0 Å². The summed E-state index contributed by atoms with van der Waals surface area (Å²) in [6.45, 7) is 5.54. The third-order valence-electron chi connectivity index (χ3n) is 2.86. The normalized spacial score (nSPS) is 10.9. The summed E-state index contributed by atoms with van der Waals surface area (Å²) in [5, 5.41) is 3.45. The Morgan fingerprint density at radius 3 is 2.65 bits per heavy atom. The highest BCUT2D eigenvalue weighted by molar-refractivity contribution is 9.10. The van der Waals surface area contributed by atoms with Crippen molar-refractivity contribution in [2.75, 3.05) is 40.9 Å². The molecule has 0 bridgehead atoms. The Morgan fingerprint density at radius 1 is 1.30 bits per heavy atom. The van der Waals surface area contributed by atoms with Gasteiger partial charge in [0.15, 0.2) is 11.5 Å². The predicted molar refractivity (Wildman–Crippen MR) is 86.7 cm³/mol. The van der Waals surface area contributed by atoms with Gasteiger partial charge in [-0.2, -0.15) is 0 Å². The maximum Gasteiger partial charge on any atom is 0.174 e. The van der Waals surface area contributed by atoms with Crippen LogP contribution in [0.1, 0.15) is 18.9 Å². The molecule has 20 heavy (non-hydrogen) atoms. The van der Waals surface area contributed by atoms with Crippen LogP contribution in [0.25, 0.3) is 0 Å². The first-order valence-electron chi connectivity index (χ1n) is 6.93. The quantitative estimate of drug-likeness (QED) is 0.698. The van der Waals surface area contributed by atoms with Gasteiger partial charge in [0.1, 0.15) is 0 Å². The molecule has 0 aliphatic rings. The number of nitrogens with one attached hydrogen (secondary N) is 1. The highest BCUT2D eigenvalue weighted by atomic mass is 79.9. The smallest absolute Gasteiger partial charge is 0.174 e. The Hall–Kier alpha value is -0.780. The first-order valence-corrected chi connectivity index (χ1v) is 7.72. The number of hydrogen-bond donors (Lipinski definition) is 1. The Morgan fingerprint density at radius 2 is 2.05 bits per heavy atom. The molecule has 0 aromatic heterocycles. The fraction of sp³-hybridized carbons (Fsp3) is 0.600. The number of rotatable bonds is 9. The SMILES string of the molecule is CCOc1cc(CNCCCN(C)C)cc(Br)c1OC. The monoisotopic (exact) mass is 344 g/mol. The van der Waals surface area contributed by atoms with Crippen molar-refractivity contribution in [3.63, 3.8) is 0 Å². The molecule has 0 saturated carbocycles. The molecule has 114 valence electrons. The largest absolute Gasteiger partial charge is 0.492 e. The third kappa shape index (κ3) is 5.69. The lowest BCUT2D eigenvalue weighted by molar-refractivity contribution is 0.309. The van der Waals surface area contributed by atoms with Gasteiger partial charge in [0, 0.05) is 6.54 Å². The minimum atomic E-state index is 0.627. The van der Waals surface area contributed by atoms with Crippen LogP contribution in [0.15, 0.2) is 16.6 Å². The van der Waals surface area contributed by atoms with E-state index in [0.717, 1.165) is 42.0 Å². The van der Waals surface area contributed by atoms with E-state index in [-0.39, 0.29) is 0 Å². The summed E-state index contributed by atoms with van der Waals surface area (Å²) < 4.78 is 11.9. The van der Waals surface area contributed by atoms with Crippen LogP contribution < -0.4 is 14.8 Å². The molecule has 0 atom stereocenters. The number of benzene rings is 1. The Labute approximate surface area is 130 Å². The molecule has 0 aliphatic carbocycles. The van der Waals surface area contributed by atoms with E-state index in [4.69, 9.17) is 9.47 Å². The molecule has 1 N–H and O–H groups in total. The zero-order valence-corrected chi connectivity index (χ0v) is 14.4. The summed E-state index contributed by atoms with van der Waals surface area (Å²) in [6, 6.07) is 4.10. The van der Waals surface area contributed by atoms with Crippen LogP contribution in [-0.2, 0) is 6.54 Å². The van der Waals surface area contributed by atoms with Gasteiger partial charge in [-0.3, -0.25) is 0 Å².